The summed E-state index contributed by atoms with van der Waals surface area (Å²) in [5.74, 6) is 0.580. The van der Waals surface area contributed by atoms with Crippen molar-refractivity contribution in [3.63, 3.8) is 0 Å². The monoisotopic (exact) mass is 245 g/mol. The zero-order valence-electron chi connectivity index (χ0n) is 9.70. The molecule has 0 amide bonds. The molecule has 1 N–H and O–H groups in total. The predicted molar refractivity (Wildman–Crippen MR) is 65.0 cm³/mol. The number of aromatic nitrogens is 3. The lowest BCUT2D eigenvalue weighted by Crippen LogP contribution is -2.04. The van der Waals surface area contributed by atoms with Gasteiger partial charge in [-0.1, -0.05) is 0 Å². The van der Waals surface area contributed by atoms with Crippen molar-refractivity contribution in [2.75, 3.05) is 5.32 Å². The zero-order chi connectivity index (χ0) is 13.0. The highest BCUT2D eigenvalue weighted by molar-refractivity contribution is 5.44. The van der Waals surface area contributed by atoms with E-state index in [4.69, 9.17) is 0 Å². The molecule has 2 heterocycles. The highest BCUT2D eigenvalue weighted by Crippen LogP contribution is 2.17. The van der Waals surface area contributed by atoms with Gasteiger partial charge >= 0.3 is 0 Å². The molecule has 0 saturated carbocycles. The number of rotatable bonds is 4. The van der Waals surface area contributed by atoms with Crippen LogP contribution in [0.15, 0.2) is 30.7 Å². The van der Waals surface area contributed by atoms with E-state index in [0.29, 0.717) is 18.1 Å². The van der Waals surface area contributed by atoms with Gasteiger partial charge in [-0.05, 0) is 19.1 Å². The summed E-state index contributed by atoms with van der Waals surface area (Å²) >= 11 is 0. The molecule has 7 nitrogen and oxygen atoms in total. The quantitative estimate of drug-likeness (QED) is 0.650. The average molecular weight is 245 g/mol. The second kappa shape index (κ2) is 5.17. The van der Waals surface area contributed by atoms with Crippen LogP contribution < -0.4 is 5.32 Å². The molecule has 0 fully saturated rings. The fourth-order valence-electron chi connectivity index (χ4n) is 1.45. The lowest BCUT2D eigenvalue weighted by atomic mass is 10.3. The molecular weight excluding hydrogens is 234 g/mol. The van der Waals surface area contributed by atoms with Gasteiger partial charge in [0.2, 0.25) is 0 Å². The molecule has 0 radical (unpaired) electrons. The molecule has 0 saturated heterocycles. The maximum absolute atomic E-state index is 10.6. The van der Waals surface area contributed by atoms with Crippen molar-refractivity contribution in [1.82, 2.24) is 15.0 Å². The Morgan fingerprint density at radius 3 is 2.83 bits per heavy atom. The third kappa shape index (κ3) is 2.76. The van der Waals surface area contributed by atoms with Crippen molar-refractivity contribution >= 4 is 11.5 Å². The summed E-state index contributed by atoms with van der Waals surface area (Å²) in [6, 6.07) is 4.79. The van der Waals surface area contributed by atoms with Crippen LogP contribution in [0.25, 0.3) is 0 Å². The first-order chi connectivity index (χ1) is 8.66. The molecule has 0 aliphatic rings. The SMILES string of the molecule is Cc1nc(NCc2ccncn2)ccc1[N+](=O)[O-]. The predicted octanol–water partition coefficient (Wildman–Crippen LogP) is 1.70. The minimum absolute atomic E-state index is 0.0163. The summed E-state index contributed by atoms with van der Waals surface area (Å²) < 4.78 is 0. The van der Waals surface area contributed by atoms with Crippen LogP contribution in [0.2, 0.25) is 0 Å². The van der Waals surface area contributed by atoms with Gasteiger partial charge in [0.05, 0.1) is 17.2 Å². The smallest absolute Gasteiger partial charge is 0.290 e. The summed E-state index contributed by atoms with van der Waals surface area (Å²) in [5, 5.41) is 13.7. The number of nitro groups is 1. The van der Waals surface area contributed by atoms with E-state index in [0.717, 1.165) is 5.69 Å². The Labute approximate surface area is 103 Å². The van der Waals surface area contributed by atoms with Gasteiger partial charge in [-0.25, -0.2) is 15.0 Å². The van der Waals surface area contributed by atoms with Crippen LogP contribution in [-0.4, -0.2) is 19.9 Å². The Bertz CT molecular complexity index is 559. The molecular formula is C11H11N5O2. The molecule has 0 bridgehead atoms. The zero-order valence-corrected chi connectivity index (χ0v) is 9.70. The molecule has 0 atom stereocenters. The Kier molecular flexibility index (Phi) is 3.42. The van der Waals surface area contributed by atoms with E-state index in [9.17, 15) is 10.1 Å². The number of nitrogens with zero attached hydrogens (tertiary/aromatic N) is 4. The molecule has 0 aliphatic carbocycles. The number of pyridine rings is 1. The summed E-state index contributed by atoms with van der Waals surface area (Å²) in [4.78, 5) is 22.2. The summed E-state index contributed by atoms with van der Waals surface area (Å²) in [7, 11) is 0. The van der Waals surface area contributed by atoms with Gasteiger partial charge in [0, 0.05) is 12.3 Å². The molecule has 7 heteroatoms. The average Bonchev–Trinajstić information content (AvgIpc) is 2.37. The minimum Gasteiger partial charge on any atom is -0.364 e. The van der Waals surface area contributed by atoms with Crippen molar-refractivity contribution < 1.29 is 4.92 Å². The maximum Gasteiger partial charge on any atom is 0.290 e. The molecule has 18 heavy (non-hydrogen) atoms. The topological polar surface area (TPSA) is 93.8 Å². The molecule has 0 unspecified atom stereocenters. The standard InChI is InChI=1S/C11H11N5O2/c1-8-10(16(17)18)2-3-11(15-8)13-6-9-4-5-12-7-14-9/h2-5,7H,6H2,1H3,(H,13,15). The fourth-order valence-corrected chi connectivity index (χ4v) is 1.45. The number of hydrogen-bond donors (Lipinski definition) is 1. The number of anilines is 1. The van der Waals surface area contributed by atoms with E-state index in [-0.39, 0.29) is 5.69 Å². The van der Waals surface area contributed by atoms with Gasteiger partial charge in [0.25, 0.3) is 5.69 Å². The van der Waals surface area contributed by atoms with Crippen molar-refractivity contribution in [1.29, 1.82) is 0 Å². The van der Waals surface area contributed by atoms with Crippen LogP contribution in [0.1, 0.15) is 11.4 Å². The van der Waals surface area contributed by atoms with Crippen LogP contribution in [0.4, 0.5) is 11.5 Å². The third-order valence-corrected chi connectivity index (χ3v) is 2.35. The van der Waals surface area contributed by atoms with E-state index >= 15 is 0 Å². The Morgan fingerprint density at radius 2 is 2.22 bits per heavy atom. The largest absolute Gasteiger partial charge is 0.364 e. The number of aryl methyl sites for hydroxylation is 1. The van der Waals surface area contributed by atoms with Crippen molar-refractivity contribution in [3.05, 3.63) is 52.2 Å². The van der Waals surface area contributed by atoms with Gasteiger partial charge in [0.1, 0.15) is 17.8 Å². The fraction of sp³-hybridized carbons (Fsp3) is 0.182. The third-order valence-electron chi connectivity index (χ3n) is 2.35. The lowest BCUT2D eigenvalue weighted by molar-refractivity contribution is -0.385. The van der Waals surface area contributed by atoms with Gasteiger partial charge in [-0.3, -0.25) is 10.1 Å². The van der Waals surface area contributed by atoms with E-state index in [1.165, 1.54) is 12.4 Å². The first-order valence-electron chi connectivity index (χ1n) is 5.27. The molecule has 0 spiro atoms. The Balaban J connectivity index is 2.07. The van der Waals surface area contributed by atoms with Crippen molar-refractivity contribution in [3.8, 4) is 0 Å². The van der Waals surface area contributed by atoms with Gasteiger partial charge in [0.15, 0.2) is 0 Å². The van der Waals surface area contributed by atoms with Gasteiger partial charge < -0.3 is 5.32 Å². The van der Waals surface area contributed by atoms with Crippen LogP contribution in [0.5, 0.6) is 0 Å². The molecule has 2 aromatic rings. The van der Waals surface area contributed by atoms with E-state index < -0.39 is 4.92 Å². The molecule has 2 rings (SSSR count). The second-order valence-corrected chi connectivity index (χ2v) is 3.61. The van der Waals surface area contributed by atoms with Gasteiger partial charge in [-0.15, -0.1) is 0 Å². The summed E-state index contributed by atoms with van der Waals surface area (Å²) in [6.07, 6.45) is 3.12. The molecule has 92 valence electrons. The van der Waals surface area contributed by atoms with Crippen LogP contribution in [-0.2, 0) is 6.54 Å². The first-order valence-corrected chi connectivity index (χ1v) is 5.27. The van der Waals surface area contributed by atoms with Crippen LogP contribution in [0, 0.1) is 17.0 Å². The highest BCUT2D eigenvalue weighted by atomic mass is 16.6. The van der Waals surface area contributed by atoms with Crippen LogP contribution >= 0.6 is 0 Å². The van der Waals surface area contributed by atoms with E-state index in [1.54, 1.807) is 25.3 Å². The Hall–Kier alpha value is -2.57. The lowest BCUT2D eigenvalue weighted by Gasteiger charge is -2.05. The Morgan fingerprint density at radius 1 is 1.39 bits per heavy atom. The van der Waals surface area contributed by atoms with Crippen molar-refractivity contribution in [2.45, 2.75) is 13.5 Å². The number of hydrogen-bond acceptors (Lipinski definition) is 6. The molecule has 0 aliphatic heterocycles. The van der Waals surface area contributed by atoms with Crippen molar-refractivity contribution in [2.24, 2.45) is 0 Å². The summed E-state index contributed by atoms with van der Waals surface area (Å²) in [5.41, 5.74) is 1.22. The normalized spacial score (nSPS) is 10.1. The van der Waals surface area contributed by atoms with E-state index in [1.807, 2.05) is 0 Å². The second-order valence-electron chi connectivity index (χ2n) is 3.61. The first kappa shape index (κ1) is 11.9. The molecule has 0 aromatic carbocycles. The minimum atomic E-state index is -0.448. The maximum atomic E-state index is 10.6. The van der Waals surface area contributed by atoms with Crippen LogP contribution in [0.3, 0.4) is 0 Å². The molecule has 2 aromatic heterocycles. The highest BCUT2D eigenvalue weighted by Gasteiger charge is 2.11. The number of nitrogens with one attached hydrogen (secondary N) is 1. The summed E-state index contributed by atoms with van der Waals surface area (Å²) in [6.45, 7) is 2.10. The van der Waals surface area contributed by atoms with E-state index in [2.05, 4.69) is 20.3 Å². The van der Waals surface area contributed by atoms with Gasteiger partial charge in [-0.2, -0.15) is 0 Å².